The molecule has 0 bridgehead atoms. The minimum absolute atomic E-state index is 0.209. The minimum Gasteiger partial charge on any atom is -0.381 e. The van der Waals surface area contributed by atoms with Crippen molar-refractivity contribution < 1.29 is 13.9 Å². The first-order chi connectivity index (χ1) is 9.01. The Morgan fingerprint density at radius 1 is 1.47 bits per heavy atom. The van der Waals surface area contributed by atoms with Gasteiger partial charge in [-0.25, -0.2) is 4.39 Å². The Hall–Kier alpha value is -0.980. The molecule has 1 heterocycles. The summed E-state index contributed by atoms with van der Waals surface area (Å²) in [6.07, 6.45) is 1.01. The van der Waals surface area contributed by atoms with Crippen molar-refractivity contribution in [3.8, 4) is 0 Å². The molecule has 0 aliphatic carbocycles. The van der Waals surface area contributed by atoms with Crippen molar-refractivity contribution >= 4 is 21.8 Å². The van der Waals surface area contributed by atoms with Crippen molar-refractivity contribution in [2.45, 2.75) is 24.9 Å². The van der Waals surface area contributed by atoms with Crippen molar-refractivity contribution in [3.05, 3.63) is 34.1 Å². The van der Waals surface area contributed by atoms with Crippen LogP contribution in [0.2, 0.25) is 0 Å². The molecule has 0 saturated carbocycles. The highest BCUT2D eigenvalue weighted by Gasteiger charge is 2.35. The first-order valence-corrected chi connectivity index (χ1v) is 6.89. The molecule has 0 radical (unpaired) electrons. The summed E-state index contributed by atoms with van der Waals surface area (Å²) in [5.74, 6) is -0.556. The number of rotatable bonds is 3. The molecule has 2 rings (SSSR count). The third-order valence-electron chi connectivity index (χ3n) is 3.27. The largest absolute Gasteiger partial charge is 0.381 e. The number of nitrogens with one attached hydrogen (secondary N) is 1. The second-order valence-corrected chi connectivity index (χ2v) is 5.55. The highest BCUT2D eigenvalue weighted by atomic mass is 79.9. The maximum atomic E-state index is 13.3. The fourth-order valence-corrected chi connectivity index (χ4v) is 2.22. The normalized spacial score (nSPS) is 18.1. The molecule has 1 aromatic carbocycles. The number of amides is 1. The third-order valence-corrected chi connectivity index (χ3v) is 3.92. The SMILES string of the molecule is NC1(C(=O)NCc2ccc(Br)c(F)c2)CCOCC1. The van der Waals surface area contributed by atoms with E-state index in [0.29, 0.717) is 36.1 Å². The highest BCUT2D eigenvalue weighted by Crippen LogP contribution is 2.19. The number of ether oxygens (including phenoxy) is 1. The second-order valence-electron chi connectivity index (χ2n) is 4.70. The van der Waals surface area contributed by atoms with Gasteiger partial charge in [-0.3, -0.25) is 4.79 Å². The summed E-state index contributed by atoms with van der Waals surface area (Å²) in [5, 5.41) is 2.75. The van der Waals surface area contributed by atoms with E-state index in [-0.39, 0.29) is 18.3 Å². The zero-order chi connectivity index (χ0) is 13.9. The van der Waals surface area contributed by atoms with Crippen LogP contribution < -0.4 is 11.1 Å². The van der Waals surface area contributed by atoms with E-state index in [2.05, 4.69) is 21.2 Å². The van der Waals surface area contributed by atoms with Crippen LogP contribution in [0.5, 0.6) is 0 Å². The Morgan fingerprint density at radius 3 is 2.79 bits per heavy atom. The quantitative estimate of drug-likeness (QED) is 0.886. The van der Waals surface area contributed by atoms with Gasteiger partial charge >= 0.3 is 0 Å². The lowest BCUT2D eigenvalue weighted by molar-refractivity contribution is -0.129. The van der Waals surface area contributed by atoms with E-state index in [1.54, 1.807) is 12.1 Å². The number of benzene rings is 1. The lowest BCUT2D eigenvalue weighted by Gasteiger charge is -2.31. The number of carbonyl (C=O) groups is 1. The molecule has 0 unspecified atom stereocenters. The fraction of sp³-hybridized carbons (Fsp3) is 0.462. The van der Waals surface area contributed by atoms with Crippen molar-refractivity contribution in [1.82, 2.24) is 5.32 Å². The first kappa shape index (κ1) is 14.4. The van der Waals surface area contributed by atoms with Crippen LogP contribution in [-0.2, 0) is 16.1 Å². The molecule has 104 valence electrons. The van der Waals surface area contributed by atoms with Gasteiger partial charge in [-0.1, -0.05) is 6.07 Å². The Kier molecular flexibility index (Phi) is 4.54. The molecule has 1 fully saturated rings. The van der Waals surface area contributed by atoms with Gasteiger partial charge in [0.25, 0.3) is 0 Å². The van der Waals surface area contributed by atoms with Gasteiger partial charge in [-0.2, -0.15) is 0 Å². The van der Waals surface area contributed by atoms with Crippen LogP contribution in [0, 0.1) is 5.82 Å². The van der Waals surface area contributed by atoms with E-state index in [9.17, 15) is 9.18 Å². The monoisotopic (exact) mass is 330 g/mol. The summed E-state index contributed by atoms with van der Waals surface area (Å²) >= 11 is 3.08. The van der Waals surface area contributed by atoms with Crippen LogP contribution >= 0.6 is 15.9 Å². The van der Waals surface area contributed by atoms with E-state index in [0.717, 1.165) is 0 Å². The molecular weight excluding hydrogens is 315 g/mol. The van der Waals surface area contributed by atoms with Gasteiger partial charge in [0, 0.05) is 19.8 Å². The predicted octanol–water partition coefficient (Wildman–Crippen LogP) is 1.71. The summed E-state index contributed by atoms with van der Waals surface area (Å²) in [5.41, 5.74) is 5.88. The van der Waals surface area contributed by atoms with Crippen molar-refractivity contribution in [3.63, 3.8) is 0 Å². The smallest absolute Gasteiger partial charge is 0.240 e. The third kappa shape index (κ3) is 3.52. The molecular formula is C13H16BrFN2O2. The maximum Gasteiger partial charge on any atom is 0.240 e. The van der Waals surface area contributed by atoms with Crippen LogP contribution in [0.3, 0.4) is 0 Å². The molecule has 1 aliphatic rings. The summed E-state index contributed by atoms with van der Waals surface area (Å²) in [6.45, 7) is 1.26. The van der Waals surface area contributed by atoms with Crippen LogP contribution in [0.4, 0.5) is 4.39 Å². The fourth-order valence-electron chi connectivity index (χ4n) is 1.97. The average Bonchev–Trinajstić information content (AvgIpc) is 2.40. The Balaban J connectivity index is 1.94. The van der Waals surface area contributed by atoms with Gasteiger partial charge in [-0.15, -0.1) is 0 Å². The van der Waals surface area contributed by atoms with E-state index in [1.807, 2.05) is 0 Å². The summed E-state index contributed by atoms with van der Waals surface area (Å²) < 4.78 is 18.9. The van der Waals surface area contributed by atoms with E-state index in [1.165, 1.54) is 6.07 Å². The molecule has 1 amide bonds. The minimum atomic E-state index is -0.869. The Bertz CT molecular complexity index is 476. The number of carbonyl (C=O) groups excluding carboxylic acids is 1. The van der Waals surface area contributed by atoms with Crippen molar-refractivity contribution in [2.24, 2.45) is 5.73 Å². The predicted molar refractivity (Wildman–Crippen MR) is 72.9 cm³/mol. The molecule has 0 atom stereocenters. The average molecular weight is 331 g/mol. The van der Waals surface area contributed by atoms with E-state index < -0.39 is 5.54 Å². The summed E-state index contributed by atoms with van der Waals surface area (Å²) in [6, 6.07) is 4.75. The lowest BCUT2D eigenvalue weighted by atomic mass is 9.90. The van der Waals surface area contributed by atoms with Crippen LogP contribution in [0.25, 0.3) is 0 Å². The lowest BCUT2D eigenvalue weighted by Crippen LogP contribution is -2.56. The zero-order valence-corrected chi connectivity index (χ0v) is 12.0. The molecule has 1 saturated heterocycles. The summed E-state index contributed by atoms with van der Waals surface area (Å²) in [4.78, 5) is 12.1. The standard InChI is InChI=1S/C13H16BrFN2O2/c14-10-2-1-9(7-11(10)15)8-17-12(18)13(16)3-5-19-6-4-13/h1-2,7H,3-6,8,16H2,(H,17,18). The second kappa shape index (κ2) is 5.98. The van der Waals surface area contributed by atoms with Gasteiger partial charge in [0.05, 0.1) is 10.0 Å². The van der Waals surface area contributed by atoms with Gasteiger partial charge in [0.1, 0.15) is 5.82 Å². The molecule has 1 aliphatic heterocycles. The molecule has 19 heavy (non-hydrogen) atoms. The topological polar surface area (TPSA) is 64.4 Å². The number of hydrogen-bond donors (Lipinski definition) is 2. The number of hydrogen-bond acceptors (Lipinski definition) is 3. The van der Waals surface area contributed by atoms with Gasteiger partial charge in [0.2, 0.25) is 5.91 Å². The van der Waals surface area contributed by atoms with Gasteiger partial charge in [-0.05, 0) is 46.5 Å². The maximum absolute atomic E-state index is 13.3. The Morgan fingerprint density at radius 2 is 2.16 bits per heavy atom. The van der Waals surface area contributed by atoms with Crippen LogP contribution in [-0.4, -0.2) is 24.7 Å². The van der Waals surface area contributed by atoms with Crippen LogP contribution in [0.1, 0.15) is 18.4 Å². The highest BCUT2D eigenvalue weighted by molar-refractivity contribution is 9.10. The molecule has 1 aromatic rings. The molecule has 4 nitrogen and oxygen atoms in total. The number of halogens is 2. The molecule has 0 aromatic heterocycles. The summed E-state index contributed by atoms with van der Waals surface area (Å²) in [7, 11) is 0. The molecule has 3 N–H and O–H groups in total. The van der Waals surface area contributed by atoms with E-state index >= 15 is 0 Å². The van der Waals surface area contributed by atoms with Crippen molar-refractivity contribution in [2.75, 3.05) is 13.2 Å². The van der Waals surface area contributed by atoms with Gasteiger partial charge < -0.3 is 15.8 Å². The van der Waals surface area contributed by atoms with E-state index in [4.69, 9.17) is 10.5 Å². The number of nitrogens with two attached hydrogens (primary N) is 1. The first-order valence-electron chi connectivity index (χ1n) is 6.10. The Labute approximate surface area is 119 Å². The van der Waals surface area contributed by atoms with Gasteiger partial charge in [0.15, 0.2) is 0 Å². The molecule has 0 spiro atoms. The molecule has 6 heteroatoms. The zero-order valence-electron chi connectivity index (χ0n) is 10.4. The van der Waals surface area contributed by atoms with Crippen LogP contribution in [0.15, 0.2) is 22.7 Å². The van der Waals surface area contributed by atoms with Crippen molar-refractivity contribution in [1.29, 1.82) is 0 Å².